The number of ether oxygens (including phenoxy) is 1. The maximum absolute atomic E-state index is 11.8. The summed E-state index contributed by atoms with van der Waals surface area (Å²) >= 11 is 0. The van der Waals surface area contributed by atoms with E-state index in [2.05, 4.69) is 18.7 Å². The molecule has 1 rings (SSSR count). The molecule has 0 bridgehead atoms. The number of esters is 1. The van der Waals surface area contributed by atoms with Crippen LogP contribution >= 0.6 is 0 Å². The highest BCUT2D eigenvalue weighted by molar-refractivity contribution is 5.80. The van der Waals surface area contributed by atoms with E-state index in [1.165, 1.54) is 26.4 Å². The molecule has 3 nitrogen and oxygen atoms in total. The highest BCUT2D eigenvalue weighted by Gasteiger charge is 2.41. The van der Waals surface area contributed by atoms with Crippen molar-refractivity contribution < 1.29 is 9.53 Å². The fourth-order valence-electron chi connectivity index (χ4n) is 2.52. The lowest BCUT2D eigenvalue weighted by Gasteiger charge is -2.44. The van der Waals surface area contributed by atoms with Crippen LogP contribution in [0.15, 0.2) is 0 Å². The normalized spacial score (nSPS) is 27.1. The SMILES string of the molecule is CCC(C)(C(=O)OC)N1CCCCC1C. The number of nitrogens with zero attached hydrogens (tertiary/aromatic N) is 1. The van der Waals surface area contributed by atoms with Crippen molar-refractivity contribution >= 4 is 5.97 Å². The largest absolute Gasteiger partial charge is 0.468 e. The Bertz CT molecular complexity index is 230. The molecular formula is C12H23NO2. The first-order valence-electron chi connectivity index (χ1n) is 5.91. The predicted molar refractivity (Wildman–Crippen MR) is 60.7 cm³/mol. The maximum Gasteiger partial charge on any atom is 0.325 e. The van der Waals surface area contributed by atoms with Crippen LogP contribution in [0.4, 0.5) is 0 Å². The van der Waals surface area contributed by atoms with Crippen LogP contribution in [-0.4, -0.2) is 36.1 Å². The molecule has 15 heavy (non-hydrogen) atoms. The number of hydrogen-bond acceptors (Lipinski definition) is 3. The molecule has 0 aromatic carbocycles. The summed E-state index contributed by atoms with van der Waals surface area (Å²) in [5.41, 5.74) is -0.436. The van der Waals surface area contributed by atoms with Gasteiger partial charge in [0.25, 0.3) is 0 Å². The van der Waals surface area contributed by atoms with E-state index < -0.39 is 5.54 Å². The minimum absolute atomic E-state index is 0.0984. The van der Waals surface area contributed by atoms with Crippen LogP contribution in [-0.2, 0) is 9.53 Å². The molecule has 1 aliphatic rings. The molecule has 0 radical (unpaired) electrons. The predicted octanol–water partition coefficient (Wildman–Crippen LogP) is 2.20. The van der Waals surface area contributed by atoms with Crippen molar-refractivity contribution in [2.45, 2.75) is 58.0 Å². The van der Waals surface area contributed by atoms with Gasteiger partial charge in [-0.25, -0.2) is 0 Å². The zero-order valence-corrected chi connectivity index (χ0v) is 10.4. The van der Waals surface area contributed by atoms with Crippen molar-refractivity contribution in [1.29, 1.82) is 0 Å². The van der Waals surface area contributed by atoms with Gasteiger partial charge in [-0.2, -0.15) is 0 Å². The molecule has 0 saturated carbocycles. The number of carbonyl (C=O) groups is 1. The van der Waals surface area contributed by atoms with Crippen LogP contribution in [0.5, 0.6) is 0 Å². The number of likely N-dealkylation sites (tertiary alicyclic amines) is 1. The quantitative estimate of drug-likeness (QED) is 0.673. The Balaban J connectivity index is 2.83. The van der Waals surface area contributed by atoms with Gasteiger partial charge in [-0.05, 0) is 39.7 Å². The zero-order valence-electron chi connectivity index (χ0n) is 10.4. The summed E-state index contributed by atoms with van der Waals surface area (Å²) in [6.07, 6.45) is 4.46. The molecular weight excluding hydrogens is 190 g/mol. The second-order valence-corrected chi connectivity index (χ2v) is 4.66. The van der Waals surface area contributed by atoms with Gasteiger partial charge in [0.15, 0.2) is 0 Å². The van der Waals surface area contributed by atoms with E-state index in [1.807, 2.05) is 6.92 Å². The van der Waals surface area contributed by atoms with Gasteiger partial charge in [0.1, 0.15) is 5.54 Å². The molecule has 1 heterocycles. The van der Waals surface area contributed by atoms with E-state index in [9.17, 15) is 4.79 Å². The van der Waals surface area contributed by atoms with Gasteiger partial charge in [0, 0.05) is 6.04 Å². The smallest absolute Gasteiger partial charge is 0.325 e. The van der Waals surface area contributed by atoms with E-state index in [-0.39, 0.29) is 5.97 Å². The average molecular weight is 213 g/mol. The average Bonchev–Trinajstić information content (AvgIpc) is 2.27. The number of hydrogen-bond donors (Lipinski definition) is 0. The molecule has 2 atom stereocenters. The lowest BCUT2D eigenvalue weighted by Crippen LogP contribution is -2.57. The van der Waals surface area contributed by atoms with Gasteiger partial charge in [-0.15, -0.1) is 0 Å². The summed E-state index contributed by atoms with van der Waals surface area (Å²) in [5.74, 6) is -0.0984. The lowest BCUT2D eigenvalue weighted by molar-refractivity contribution is -0.157. The Labute approximate surface area is 92.8 Å². The number of rotatable bonds is 3. The summed E-state index contributed by atoms with van der Waals surface area (Å²) in [6, 6.07) is 0.489. The van der Waals surface area contributed by atoms with Crippen molar-refractivity contribution in [3.8, 4) is 0 Å². The molecule has 88 valence electrons. The van der Waals surface area contributed by atoms with Crippen LogP contribution in [0, 0.1) is 0 Å². The molecule has 0 aromatic heterocycles. The monoisotopic (exact) mass is 213 g/mol. The van der Waals surface area contributed by atoms with Gasteiger partial charge >= 0.3 is 5.97 Å². The molecule has 1 saturated heterocycles. The third-order valence-electron chi connectivity index (χ3n) is 3.75. The van der Waals surface area contributed by atoms with Crippen LogP contribution < -0.4 is 0 Å². The van der Waals surface area contributed by atoms with Gasteiger partial charge in [-0.1, -0.05) is 13.3 Å². The number of methoxy groups -OCH3 is 1. The van der Waals surface area contributed by atoms with Gasteiger partial charge in [0.2, 0.25) is 0 Å². The van der Waals surface area contributed by atoms with E-state index in [4.69, 9.17) is 4.74 Å². The zero-order chi connectivity index (χ0) is 11.5. The molecule has 2 unspecified atom stereocenters. The summed E-state index contributed by atoms with van der Waals surface area (Å²) < 4.78 is 4.93. The van der Waals surface area contributed by atoms with Crippen molar-refractivity contribution in [1.82, 2.24) is 4.90 Å². The third kappa shape index (κ3) is 2.33. The Kier molecular flexibility index (Phi) is 4.14. The van der Waals surface area contributed by atoms with Gasteiger partial charge < -0.3 is 4.74 Å². The van der Waals surface area contributed by atoms with E-state index in [0.29, 0.717) is 6.04 Å². The maximum atomic E-state index is 11.8. The summed E-state index contributed by atoms with van der Waals surface area (Å²) in [7, 11) is 1.48. The Morgan fingerprint density at radius 1 is 1.53 bits per heavy atom. The minimum Gasteiger partial charge on any atom is -0.468 e. The molecule has 0 N–H and O–H groups in total. The van der Waals surface area contributed by atoms with E-state index >= 15 is 0 Å². The lowest BCUT2D eigenvalue weighted by atomic mass is 9.90. The molecule has 0 aromatic rings. The first-order chi connectivity index (χ1) is 7.06. The molecule has 0 aliphatic carbocycles. The fraction of sp³-hybridized carbons (Fsp3) is 0.917. The van der Waals surface area contributed by atoms with Crippen molar-refractivity contribution in [2.24, 2.45) is 0 Å². The first-order valence-corrected chi connectivity index (χ1v) is 5.91. The van der Waals surface area contributed by atoms with E-state index in [0.717, 1.165) is 13.0 Å². The molecule has 0 spiro atoms. The number of carbonyl (C=O) groups excluding carboxylic acids is 1. The standard InChI is InChI=1S/C12H23NO2/c1-5-12(3,11(14)15-4)13-9-7-6-8-10(13)2/h10H,5-9H2,1-4H3. The van der Waals surface area contributed by atoms with Gasteiger partial charge in [-0.3, -0.25) is 9.69 Å². The van der Waals surface area contributed by atoms with Crippen LogP contribution in [0.25, 0.3) is 0 Å². The highest BCUT2D eigenvalue weighted by atomic mass is 16.5. The molecule has 0 amide bonds. The van der Waals surface area contributed by atoms with Crippen LogP contribution in [0.2, 0.25) is 0 Å². The minimum atomic E-state index is -0.436. The topological polar surface area (TPSA) is 29.5 Å². The number of piperidine rings is 1. The van der Waals surface area contributed by atoms with Crippen molar-refractivity contribution in [2.75, 3.05) is 13.7 Å². The Hall–Kier alpha value is -0.570. The molecule has 1 fully saturated rings. The van der Waals surface area contributed by atoms with E-state index in [1.54, 1.807) is 0 Å². The summed E-state index contributed by atoms with van der Waals surface area (Å²) in [6.45, 7) is 7.27. The third-order valence-corrected chi connectivity index (χ3v) is 3.75. The van der Waals surface area contributed by atoms with Crippen LogP contribution in [0.3, 0.4) is 0 Å². The van der Waals surface area contributed by atoms with Crippen molar-refractivity contribution in [3.63, 3.8) is 0 Å². The molecule has 3 heteroatoms. The second kappa shape index (κ2) is 4.97. The van der Waals surface area contributed by atoms with Crippen LogP contribution in [0.1, 0.15) is 46.5 Å². The second-order valence-electron chi connectivity index (χ2n) is 4.66. The molecule has 1 aliphatic heterocycles. The fourth-order valence-corrected chi connectivity index (χ4v) is 2.52. The Morgan fingerprint density at radius 3 is 2.67 bits per heavy atom. The first kappa shape index (κ1) is 12.5. The van der Waals surface area contributed by atoms with Crippen molar-refractivity contribution in [3.05, 3.63) is 0 Å². The Morgan fingerprint density at radius 2 is 2.20 bits per heavy atom. The van der Waals surface area contributed by atoms with Gasteiger partial charge in [0.05, 0.1) is 7.11 Å². The summed E-state index contributed by atoms with van der Waals surface area (Å²) in [5, 5.41) is 0. The summed E-state index contributed by atoms with van der Waals surface area (Å²) in [4.78, 5) is 14.2. The highest BCUT2D eigenvalue weighted by Crippen LogP contribution is 2.29.